The van der Waals surface area contributed by atoms with E-state index in [-0.39, 0.29) is 23.7 Å². The van der Waals surface area contributed by atoms with Crippen LogP contribution in [0, 0.1) is 5.82 Å². The first-order valence-electron chi connectivity index (χ1n) is 9.24. The maximum absolute atomic E-state index is 14.1. The van der Waals surface area contributed by atoms with Gasteiger partial charge in [0.15, 0.2) is 11.6 Å². The number of alkyl halides is 3. The lowest BCUT2D eigenvalue weighted by atomic mass is 10.1. The summed E-state index contributed by atoms with van der Waals surface area (Å²) in [5.41, 5.74) is -0.604. The van der Waals surface area contributed by atoms with Crippen molar-refractivity contribution in [3.63, 3.8) is 0 Å². The molecule has 1 aromatic heterocycles. The molecule has 1 amide bonds. The Bertz CT molecular complexity index is 989. The minimum absolute atomic E-state index is 0.119. The van der Waals surface area contributed by atoms with E-state index in [9.17, 15) is 27.2 Å². The van der Waals surface area contributed by atoms with E-state index in [0.717, 1.165) is 30.7 Å². The van der Waals surface area contributed by atoms with Gasteiger partial charge in [-0.25, -0.2) is 9.37 Å². The highest BCUT2D eigenvalue weighted by atomic mass is 19.4. The number of H-pyrrole nitrogens is 1. The van der Waals surface area contributed by atoms with Gasteiger partial charge in [-0.3, -0.25) is 9.59 Å². The molecule has 2 aromatic rings. The molecule has 0 aliphatic carbocycles. The van der Waals surface area contributed by atoms with Gasteiger partial charge in [-0.15, -0.1) is 13.2 Å². The molecule has 2 N–H and O–H groups in total. The number of rotatable bonds is 7. The second-order valence-corrected chi connectivity index (χ2v) is 6.74. The summed E-state index contributed by atoms with van der Waals surface area (Å²) in [4.78, 5) is 31.3. The highest BCUT2D eigenvalue weighted by molar-refractivity contribution is 5.92. The van der Waals surface area contributed by atoms with Gasteiger partial charge in [-0.1, -0.05) is 6.07 Å². The Morgan fingerprint density at radius 1 is 1.39 bits per heavy atom. The van der Waals surface area contributed by atoms with E-state index in [0.29, 0.717) is 13.0 Å². The molecule has 1 saturated heterocycles. The summed E-state index contributed by atoms with van der Waals surface area (Å²) in [6, 6.07) is 2.83. The Kier molecular flexibility index (Phi) is 6.91. The van der Waals surface area contributed by atoms with E-state index in [2.05, 4.69) is 20.0 Å². The molecule has 0 spiro atoms. The Morgan fingerprint density at radius 3 is 2.77 bits per heavy atom. The highest BCUT2D eigenvalue weighted by Crippen LogP contribution is 2.28. The summed E-state index contributed by atoms with van der Waals surface area (Å²) < 4.78 is 65.1. The van der Waals surface area contributed by atoms with Crippen LogP contribution in [0.5, 0.6) is 5.75 Å². The van der Waals surface area contributed by atoms with Crippen LogP contribution in [-0.4, -0.2) is 42.6 Å². The maximum atomic E-state index is 14.1. The van der Waals surface area contributed by atoms with Crippen molar-refractivity contribution < 1.29 is 36.6 Å². The molecule has 8 nitrogen and oxygen atoms in total. The van der Waals surface area contributed by atoms with Crippen LogP contribution in [0.3, 0.4) is 0 Å². The fourth-order valence-electron chi connectivity index (χ4n) is 3.10. The van der Waals surface area contributed by atoms with Crippen LogP contribution in [0.1, 0.15) is 46.9 Å². The van der Waals surface area contributed by atoms with Crippen LogP contribution >= 0.6 is 0 Å². The van der Waals surface area contributed by atoms with Crippen LogP contribution in [0.2, 0.25) is 0 Å². The summed E-state index contributed by atoms with van der Waals surface area (Å²) in [5.74, 6) is -2.79. The van der Waals surface area contributed by atoms with Crippen LogP contribution in [0.4, 0.5) is 17.6 Å². The standard InChI is InChI=1S/C19H19F4N3O5/c1-29-9-13(10-4-5-14(11(20)7-10)31-19(21,22)23)25-18(28)12-8-16(27)26-17(24-12)15-3-2-6-30-15/h4-5,7-8,13,15H,2-3,6,9H2,1H3,(H,25,28)(H,24,26,27). The molecule has 0 bridgehead atoms. The van der Waals surface area contributed by atoms with E-state index in [1.165, 1.54) is 7.11 Å². The molecule has 1 aliphatic heterocycles. The summed E-state index contributed by atoms with van der Waals surface area (Å²) >= 11 is 0. The molecule has 3 rings (SSSR count). The smallest absolute Gasteiger partial charge is 0.403 e. The number of nitrogens with zero attached hydrogens (tertiary/aromatic N) is 1. The lowest BCUT2D eigenvalue weighted by molar-refractivity contribution is -0.275. The first-order chi connectivity index (χ1) is 14.7. The number of aromatic amines is 1. The molecule has 31 heavy (non-hydrogen) atoms. The van der Waals surface area contributed by atoms with E-state index in [4.69, 9.17) is 9.47 Å². The van der Waals surface area contributed by atoms with Crippen molar-refractivity contribution in [2.75, 3.05) is 20.3 Å². The highest BCUT2D eigenvalue weighted by Gasteiger charge is 2.32. The van der Waals surface area contributed by atoms with Crippen LogP contribution in [0.25, 0.3) is 0 Å². The molecule has 0 radical (unpaired) electrons. The number of methoxy groups -OCH3 is 1. The topological polar surface area (TPSA) is 103 Å². The minimum atomic E-state index is -5.05. The largest absolute Gasteiger partial charge is 0.573 e. The van der Waals surface area contributed by atoms with Crippen molar-refractivity contribution in [1.82, 2.24) is 15.3 Å². The molecular formula is C19H19F4N3O5. The summed E-state index contributed by atoms with van der Waals surface area (Å²) in [6.45, 7) is 0.396. The number of aromatic nitrogens is 2. The molecule has 2 unspecified atom stereocenters. The molecule has 2 heterocycles. The van der Waals surface area contributed by atoms with Gasteiger partial charge in [0.25, 0.3) is 11.5 Å². The molecule has 2 atom stereocenters. The predicted octanol–water partition coefficient (Wildman–Crippen LogP) is 2.78. The Balaban J connectivity index is 1.81. The lowest BCUT2D eigenvalue weighted by Crippen LogP contribution is -2.33. The third-order valence-corrected chi connectivity index (χ3v) is 4.45. The zero-order valence-corrected chi connectivity index (χ0v) is 16.3. The third kappa shape index (κ3) is 6.01. The quantitative estimate of drug-likeness (QED) is 0.636. The Morgan fingerprint density at radius 2 is 2.16 bits per heavy atom. The normalized spacial score (nSPS) is 17.4. The lowest BCUT2D eigenvalue weighted by Gasteiger charge is -2.19. The number of benzene rings is 1. The summed E-state index contributed by atoms with van der Waals surface area (Å²) in [7, 11) is 1.33. The van der Waals surface area contributed by atoms with Crippen LogP contribution in [0.15, 0.2) is 29.1 Å². The van der Waals surface area contributed by atoms with Gasteiger partial charge in [0.1, 0.15) is 17.6 Å². The van der Waals surface area contributed by atoms with Crippen LogP contribution in [-0.2, 0) is 9.47 Å². The van der Waals surface area contributed by atoms with E-state index < -0.39 is 41.5 Å². The van der Waals surface area contributed by atoms with Gasteiger partial charge in [0, 0.05) is 19.8 Å². The second-order valence-electron chi connectivity index (χ2n) is 6.74. The van der Waals surface area contributed by atoms with Crippen LogP contribution < -0.4 is 15.6 Å². The molecule has 12 heteroatoms. The van der Waals surface area contributed by atoms with E-state index >= 15 is 0 Å². The number of carbonyl (C=O) groups is 1. The number of nitrogens with one attached hydrogen (secondary N) is 2. The van der Waals surface area contributed by atoms with Crippen molar-refractivity contribution in [2.24, 2.45) is 0 Å². The second kappa shape index (κ2) is 9.43. The molecule has 1 fully saturated rings. The van der Waals surface area contributed by atoms with Crippen molar-refractivity contribution >= 4 is 5.91 Å². The Labute approximate surface area is 173 Å². The van der Waals surface area contributed by atoms with Gasteiger partial charge in [0.2, 0.25) is 0 Å². The third-order valence-electron chi connectivity index (χ3n) is 4.45. The van der Waals surface area contributed by atoms with Gasteiger partial charge >= 0.3 is 6.36 Å². The number of carbonyl (C=O) groups excluding carboxylic acids is 1. The summed E-state index contributed by atoms with van der Waals surface area (Å²) in [6.07, 6.45) is -4.04. The zero-order valence-electron chi connectivity index (χ0n) is 16.3. The fraction of sp³-hybridized carbons (Fsp3) is 0.421. The van der Waals surface area contributed by atoms with Gasteiger partial charge in [-0.2, -0.15) is 0 Å². The van der Waals surface area contributed by atoms with Crippen molar-refractivity contribution in [2.45, 2.75) is 31.3 Å². The number of hydrogen-bond donors (Lipinski definition) is 2. The maximum Gasteiger partial charge on any atom is 0.573 e. The average Bonchev–Trinajstić information content (AvgIpc) is 3.22. The minimum Gasteiger partial charge on any atom is -0.403 e. The zero-order chi connectivity index (χ0) is 22.6. The van der Waals surface area contributed by atoms with Crippen molar-refractivity contribution in [3.8, 4) is 5.75 Å². The molecule has 1 aliphatic rings. The van der Waals surface area contributed by atoms with E-state index in [1.54, 1.807) is 0 Å². The Hall–Kier alpha value is -2.99. The number of amides is 1. The van der Waals surface area contributed by atoms with Crippen molar-refractivity contribution in [3.05, 3.63) is 57.5 Å². The summed E-state index contributed by atoms with van der Waals surface area (Å²) in [5, 5.41) is 2.54. The molecule has 168 valence electrons. The van der Waals surface area contributed by atoms with Crippen molar-refractivity contribution in [1.29, 1.82) is 0 Å². The van der Waals surface area contributed by atoms with Gasteiger partial charge in [0.05, 0.1) is 12.6 Å². The number of hydrogen-bond acceptors (Lipinski definition) is 6. The fourth-order valence-corrected chi connectivity index (χ4v) is 3.10. The number of ether oxygens (including phenoxy) is 3. The monoisotopic (exact) mass is 445 g/mol. The number of halogens is 4. The molecule has 1 aromatic carbocycles. The predicted molar refractivity (Wildman–Crippen MR) is 98.0 cm³/mol. The first kappa shape index (κ1) is 22.7. The van der Waals surface area contributed by atoms with Gasteiger partial charge in [-0.05, 0) is 30.5 Å². The van der Waals surface area contributed by atoms with Gasteiger partial charge < -0.3 is 24.5 Å². The molecule has 0 saturated carbocycles. The SMILES string of the molecule is COCC(NC(=O)c1cc(=O)[nH]c(C2CCCO2)n1)c1ccc(OC(F)(F)F)c(F)c1. The molecular weight excluding hydrogens is 426 g/mol. The van der Waals surface area contributed by atoms with E-state index in [1.807, 2.05) is 0 Å². The average molecular weight is 445 g/mol. The first-order valence-corrected chi connectivity index (χ1v) is 9.24.